The maximum absolute atomic E-state index is 11.2. The first-order chi connectivity index (χ1) is 15.6. The third-order valence-electron chi connectivity index (χ3n) is 5.19. The van der Waals surface area contributed by atoms with Crippen LogP contribution >= 0.6 is 0 Å². The second-order valence-electron chi connectivity index (χ2n) is 7.28. The van der Waals surface area contributed by atoms with Crippen molar-refractivity contribution in [1.29, 1.82) is 0 Å². The van der Waals surface area contributed by atoms with Crippen LogP contribution in [0.5, 0.6) is 5.75 Å². The number of hydrogen-bond acceptors (Lipinski definition) is 4. The monoisotopic (exact) mass is 427 g/mol. The second kappa shape index (κ2) is 9.33. The van der Waals surface area contributed by atoms with Gasteiger partial charge in [-0.3, -0.25) is 10.1 Å². The van der Waals surface area contributed by atoms with E-state index in [0.29, 0.717) is 25.4 Å². The number of non-ortho nitro benzene ring substituents is 1. The van der Waals surface area contributed by atoms with Gasteiger partial charge in [0.2, 0.25) is 0 Å². The highest BCUT2D eigenvalue weighted by molar-refractivity contribution is 5.98. The summed E-state index contributed by atoms with van der Waals surface area (Å²) < 4.78 is 12.7. The lowest BCUT2D eigenvalue weighted by Gasteiger charge is -2.08. The van der Waals surface area contributed by atoms with E-state index >= 15 is 0 Å². The fourth-order valence-electron chi connectivity index (χ4n) is 3.63. The molecule has 0 N–H and O–H groups in total. The van der Waals surface area contributed by atoms with Crippen LogP contribution in [0.1, 0.15) is 5.56 Å². The topological polar surface area (TPSA) is 70.9 Å². The molecule has 7 nitrogen and oxygen atoms in total. The van der Waals surface area contributed by atoms with Crippen LogP contribution in [0.4, 0.5) is 11.4 Å². The highest BCUT2D eigenvalue weighted by Gasteiger charge is 2.14. The van der Waals surface area contributed by atoms with Gasteiger partial charge in [-0.2, -0.15) is 0 Å². The molecule has 0 fully saturated rings. The van der Waals surface area contributed by atoms with Crippen LogP contribution in [-0.2, 0) is 11.3 Å². The quantitative estimate of drug-likeness (QED) is 0.153. The lowest BCUT2D eigenvalue weighted by atomic mass is 10.0. The summed E-state index contributed by atoms with van der Waals surface area (Å²) in [7, 11) is 1.64. The Morgan fingerprint density at radius 2 is 1.88 bits per heavy atom. The molecule has 32 heavy (non-hydrogen) atoms. The number of aromatic nitrogens is 1. The van der Waals surface area contributed by atoms with Gasteiger partial charge in [-0.05, 0) is 40.8 Å². The minimum Gasteiger partial charge on any atom is -0.491 e. The number of nitrogens with zero attached hydrogens (tertiary/aromatic N) is 3. The zero-order valence-corrected chi connectivity index (χ0v) is 17.5. The number of rotatable bonds is 8. The molecule has 1 heterocycles. The summed E-state index contributed by atoms with van der Waals surface area (Å²) in [4.78, 5) is 14.4. The van der Waals surface area contributed by atoms with Crippen LogP contribution in [0.2, 0.25) is 0 Å². The number of ether oxygens (including phenoxy) is 2. The first-order valence-corrected chi connectivity index (χ1v) is 10.0. The van der Waals surface area contributed by atoms with Crippen LogP contribution in [-0.4, -0.2) is 29.8 Å². The van der Waals surface area contributed by atoms with Crippen molar-refractivity contribution in [1.82, 2.24) is 4.57 Å². The van der Waals surface area contributed by atoms with Crippen molar-refractivity contribution in [2.45, 2.75) is 6.54 Å². The number of fused-ring (bicyclic) bond motifs is 1. The molecule has 3 aromatic carbocycles. The van der Waals surface area contributed by atoms with Gasteiger partial charge < -0.3 is 14.0 Å². The third kappa shape index (κ3) is 4.46. The number of nitro benzene ring substituents is 1. The SMILES string of the molecule is [C-]#[N+]c1ccc2c(c1)c(-c1cccc([N+](=O)[O-])c1)cn2Cc1ccc(OCCOC)cc1. The van der Waals surface area contributed by atoms with Gasteiger partial charge in [-0.25, -0.2) is 4.85 Å². The molecule has 0 saturated heterocycles. The van der Waals surface area contributed by atoms with E-state index in [1.165, 1.54) is 6.07 Å². The Morgan fingerprint density at radius 3 is 2.59 bits per heavy atom. The van der Waals surface area contributed by atoms with Crippen LogP contribution in [0.25, 0.3) is 26.9 Å². The summed E-state index contributed by atoms with van der Waals surface area (Å²) in [5, 5.41) is 12.1. The summed E-state index contributed by atoms with van der Waals surface area (Å²) in [6, 6.07) is 20.0. The fourth-order valence-corrected chi connectivity index (χ4v) is 3.63. The Labute approximate surface area is 185 Å². The van der Waals surface area contributed by atoms with Gasteiger partial charge in [0.15, 0.2) is 5.69 Å². The Morgan fingerprint density at radius 1 is 1.06 bits per heavy atom. The zero-order chi connectivity index (χ0) is 22.5. The minimum atomic E-state index is -0.399. The predicted molar refractivity (Wildman–Crippen MR) is 123 cm³/mol. The first-order valence-electron chi connectivity index (χ1n) is 10.0. The van der Waals surface area contributed by atoms with E-state index < -0.39 is 4.92 Å². The van der Waals surface area contributed by atoms with Gasteiger partial charge >= 0.3 is 0 Å². The highest BCUT2D eigenvalue weighted by Crippen LogP contribution is 2.35. The van der Waals surface area contributed by atoms with E-state index in [9.17, 15) is 10.1 Å². The molecule has 0 aliphatic carbocycles. The zero-order valence-electron chi connectivity index (χ0n) is 17.5. The average Bonchev–Trinajstić information content (AvgIpc) is 3.18. The van der Waals surface area contributed by atoms with E-state index in [1.54, 1.807) is 25.3 Å². The first kappa shape index (κ1) is 21.1. The maximum atomic E-state index is 11.2. The molecule has 0 unspecified atom stereocenters. The standard InChI is InChI=1S/C25H21N3O4/c1-26-20-8-11-25-23(15-20)24(19-4-3-5-21(14-19)28(29)30)17-27(25)16-18-6-9-22(10-7-18)32-13-12-31-2/h3-11,14-15,17H,12-13,16H2,2H3. The van der Waals surface area contributed by atoms with Gasteiger partial charge in [0.05, 0.1) is 18.1 Å². The highest BCUT2D eigenvalue weighted by atomic mass is 16.6. The third-order valence-corrected chi connectivity index (χ3v) is 5.19. The lowest BCUT2D eigenvalue weighted by molar-refractivity contribution is -0.384. The minimum absolute atomic E-state index is 0.0359. The van der Waals surface area contributed by atoms with Gasteiger partial charge in [0.25, 0.3) is 5.69 Å². The van der Waals surface area contributed by atoms with Gasteiger partial charge in [-0.1, -0.05) is 30.3 Å². The Balaban J connectivity index is 1.70. The summed E-state index contributed by atoms with van der Waals surface area (Å²) in [6.45, 7) is 9.00. The molecule has 7 heteroatoms. The van der Waals surface area contributed by atoms with E-state index in [4.69, 9.17) is 16.0 Å². The van der Waals surface area contributed by atoms with E-state index in [-0.39, 0.29) is 5.69 Å². The largest absolute Gasteiger partial charge is 0.491 e. The van der Waals surface area contributed by atoms with Crippen molar-refractivity contribution in [3.8, 4) is 16.9 Å². The van der Waals surface area contributed by atoms with Crippen molar-refractivity contribution in [2.75, 3.05) is 20.3 Å². The molecule has 0 spiro atoms. The van der Waals surface area contributed by atoms with Crippen LogP contribution in [0, 0.1) is 16.7 Å². The molecular weight excluding hydrogens is 406 g/mol. The molecule has 4 rings (SSSR count). The van der Waals surface area contributed by atoms with Crippen molar-refractivity contribution in [2.24, 2.45) is 0 Å². The smallest absolute Gasteiger partial charge is 0.270 e. The Bertz CT molecular complexity index is 1300. The molecule has 0 aliphatic rings. The Kier molecular flexibility index (Phi) is 6.15. The van der Waals surface area contributed by atoms with Crippen molar-refractivity contribution < 1.29 is 14.4 Å². The summed E-state index contributed by atoms with van der Waals surface area (Å²) in [6.07, 6.45) is 1.99. The van der Waals surface area contributed by atoms with E-state index in [2.05, 4.69) is 9.41 Å². The molecule has 0 atom stereocenters. The predicted octanol–water partition coefficient (Wildman–Crippen LogP) is 5.84. The number of benzene rings is 3. The second-order valence-corrected chi connectivity index (χ2v) is 7.28. The number of nitro groups is 1. The normalized spacial score (nSPS) is 10.8. The molecular formula is C25H21N3O4. The van der Waals surface area contributed by atoms with E-state index in [1.807, 2.05) is 48.7 Å². The average molecular weight is 427 g/mol. The van der Waals surface area contributed by atoms with Crippen LogP contribution in [0.3, 0.4) is 0 Å². The van der Waals surface area contributed by atoms with Crippen molar-refractivity contribution >= 4 is 22.3 Å². The molecule has 0 aliphatic heterocycles. The molecule has 0 saturated carbocycles. The molecule has 1 aromatic heterocycles. The summed E-state index contributed by atoms with van der Waals surface area (Å²) >= 11 is 0. The lowest BCUT2D eigenvalue weighted by Crippen LogP contribution is -2.04. The summed E-state index contributed by atoms with van der Waals surface area (Å²) in [5.74, 6) is 0.780. The maximum Gasteiger partial charge on any atom is 0.270 e. The van der Waals surface area contributed by atoms with Gasteiger partial charge in [0, 0.05) is 43.1 Å². The molecule has 160 valence electrons. The van der Waals surface area contributed by atoms with Crippen LogP contribution < -0.4 is 4.74 Å². The van der Waals surface area contributed by atoms with Gasteiger partial charge in [0.1, 0.15) is 12.4 Å². The van der Waals surface area contributed by atoms with Crippen molar-refractivity contribution in [3.05, 3.63) is 100 Å². The van der Waals surface area contributed by atoms with Gasteiger partial charge in [-0.15, -0.1) is 0 Å². The molecule has 0 bridgehead atoms. The van der Waals surface area contributed by atoms with Crippen LogP contribution in [0.15, 0.2) is 72.9 Å². The molecule has 0 radical (unpaired) electrons. The number of methoxy groups -OCH3 is 1. The molecule has 4 aromatic rings. The molecule has 0 amide bonds. The summed E-state index contributed by atoms with van der Waals surface area (Å²) in [5.41, 5.74) is 4.20. The van der Waals surface area contributed by atoms with Crippen molar-refractivity contribution in [3.63, 3.8) is 0 Å². The fraction of sp³-hybridized carbons (Fsp3) is 0.160. The van der Waals surface area contributed by atoms with E-state index in [0.717, 1.165) is 33.3 Å². The Hall–Kier alpha value is -4.15. The number of hydrogen-bond donors (Lipinski definition) is 0.